The highest BCUT2D eigenvalue weighted by Crippen LogP contribution is 2.39. The van der Waals surface area contributed by atoms with Gasteiger partial charge in [0, 0.05) is 16.4 Å². The molecule has 196 valence electrons. The number of nitrogens with one attached hydrogen (secondary N) is 1. The van der Waals surface area contributed by atoms with Crippen LogP contribution in [0.4, 0.5) is 5.00 Å². The fraction of sp³-hybridized carbons (Fsp3) is 0.360. The summed E-state index contributed by atoms with van der Waals surface area (Å²) in [4.78, 5) is 26.5. The summed E-state index contributed by atoms with van der Waals surface area (Å²) in [5, 5.41) is 13.5. The Morgan fingerprint density at radius 2 is 2.08 bits per heavy atom. The number of benzene rings is 1. The number of hydrogen-bond donors (Lipinski definition) is 1. The molecule has 1 N–H and O–H groups in total. The van der Waals surface area contributed by atoms with Crippen LogP contribution in [0.25, 0.3) is 0 Å². The van der Waals surface area contributed by atoms with Crippen molar-refractivity contribution in [3.63, 3.8) is 0 Å². The Hall–Kier alpha value is -2.53. The Balaban J connectivity index is 1.46. The third-order valence-corrected chi connectivity index (χ3v) is 8.47. The molecule has 8 nitrogen and oxygen atoms in total. The van der Waals surface area contributed by atoms with Gasteiger partial charge in [-0.05, 0) is 56.4 Å². The van der Waals surface area contributed by atoms with Crippen LogP contribution in [0.15, 0.2) is 36.0 Å². The number of esters is 1. The molecule has 2 aromatic heterocycles. The molecule has 1 amide bonds. The van der Waals surface area contributed by atoms with E-state index in [1.807, 2.05) is 11.5 Å². The fourth-order valence-electron chi connectivity index (χ4n) is 4.09. The number of halogens is 2. The van der Waals surface area contributed by atoms with E-state index in [0.29, 0.717) is 43.9 Å². The zero-order valence-electron chi connectivity index (χ0n) is 20.4. The number of aryl methyl sites for hydroxylation is 1. The van der Waals surface area contributed by atoms with E-state index in [1.165, 1.54) is 30.2 Å². The molecule has 1 aliphatic rings. The van der Waals surface area contributed by atoms with E-state index in [9.17, 15) is 9.59 Å². The lowest BCUT2D eigenvalue weighted by Gasteiger charge is -2.16. The first-order valence-electron chi connectivity index (χ1n) is 11.6. The van der Waals surface area contributed by atoms with Crippen LogP contribution >= 0.6 is 46.3 Å². The minimum absolute atomic E-state index is 0.0801. The molecule has 0 bridgehead atoms. The molecule has 12 heteroatoms. The topological polar surface area (TPSA) is 95.3 Å². The second-order valence-electron chi connectivity index (χ2n) is 8.32. The number of rotatable bonds is 10. The number of allylic oxidation sites excluding steroid dienone is 1. The number of carbonyl (C=O) groups excluding carboxylic acids is 2. The minimum Gasteiger partial charge on any atom is -0.481 e. The Morgan fingerprint density at radius 3 is 2.81 bits per heavy atom. The van der Waals surface area contributed by atoms with Crippen molar-refractivity contribution in [3.05, 3.63) is 62.7 Å². The van der Waals surface area contributed by atoms with Crippen LogP contribution in [0.3, 0.4) is 0 Å². The van der Waals surface area contributed by atoms with Gasteiger partial charge >= 0.3 is 5.97 Å². The lowest BCUT2D eigenvalue weighted by molar-refractivity contribution is -0.113. The average Bonchev–Trinajstić information content (AvgIpc) is 3.45. The Kier molecular flexibility index (Phi) is 9.17. The van der Waals surface area contributed by atoms with Gasteiger partial charge in [0.1, 0.15) is 10.8 Å². The Bertz CT molecular complexity index is 1320. The van der Waals surface area contributed by atoms with Gasteiger partial charge in [0.2, 0.25) is 5.91 Å². The van der Waals surface area contributed by atoms with E-state index in [2.05, 4.69) is 22.1 Å². The van der Waals surface area contributed by atoms with Gasteiger partial charge in [-0.3, -0.25) is 9.36 Å². The SMILES string of the molecule is C=CCn1c(SCC(=O)Nc2sc3c(c2C(=O)OC)CCCC3)nnc1C(C)Oc1ccc(Cl)cc1Cl. The first-order valence-corrected chi connectivity index (χ1v) is 14.2. The second kappa shape index (κ2) is 12.3. The Labute approximate surface area is 233 Å². The van der Waals surface area contributed by atoms with Crippen molar-refractivity contribution in [2.24, 2.45) is 0 Å². The highest BCUT2D eigenvalue weighted by atomic mass is 35.5. The van der Waals surface area contributed by atoms with Gasteiger partial charge in [0.25, 0.3) is 0 Å². The molecular weight excluding hydrogens is 555 g/mol. The smallest absolute Gasteiger partial charge is 0.341 e. The highest BCUT2D eigenvalue weighted by molar-refractivity contribution is 7.99. The molecule has 1 aliphatic carbocycles. The molecule has 0 saturated heterocycles. The van der Waals surface area contributed by atoms with Gasteiger partial charge < -0.3 is 14.8 Å². The van der Waals surface area contributed by atoms with Crippen molar-refractivity contribution < 1.29 is 19.1 Å². The number of fused-ring (bicyclic) bond motifs is 1. The molecule has 1 atom stereocenters. The zero-order valence-corrected chi connectivity index (χ0v) is 23.5. The third-order valence-electron chi connectivity index (χ3n) is 5.76. The van der Waals surface area contributed by atoms with Crippen LogP contribution in [-0.2, 0) is 28.9 Å². The molecule has 3 aromatic rings. The third kappa shape index (κ3) is 6.31. The van der Waals surface area contributed by atoms with E-state index in [4.69, 9.17) is 32.7 Å². The van der Waals surface area contributed by atoms with E-state index >= 15 is 0 Å². The number of thioether (sulfide) groups is 1. The standard InChI is InChI=1S/C25H26Cl2N4O4S2/c1-4-11-31-22(14(2)35-18-10-9-15(26)12-17(18)27)29-30-25(31)36-13-20(32)28-23-21(24(33)34-3)16-7-5-6-8-19(16)37-23/h4,9-10,12,14H,1,5-8,11,13H2,2-3H3,(H,28,32). The van der Waals surface area contributed by atoms with Gasteiger partial charge in [-0.15, -0.1) is 28.1 Å². The van der Waals surface area contributed by atoms with Crippen LogP contribution in [0.2, 0.25) is 10.0 Å². The molecule has 0 fully saturated rings. The molecule has 1 unspecified atom stereocenters. The molecule has 0 spiro atoms. The van der Waals surface area contributed by atoms with Crippen LogP contribution in [-0.4, -0.2) is 39.5 Å². The summed E-state index contributed by atoms with van der Waals surface area (Å²) >= 11 is 14.9. The molecule has 0 radical (unpaired) electrons. The van der Waals surface area contributed by atoms with Gasteiger partial charge in [-0.1, -0.05) is 41.0 Å². The molecule has 0 aliphatic heterocycles. The maximum atomic E-state index is 12.9. The number of aromatic nitrogens is 3. The van der Waals surface area contributed by atoms with Gasteiger partial charge in [-0.25, -0.2) is 4.79 Å². The summed E-state index contributed by atoms with van der Waals surface area (Å²) in [6, 6.07) is 5.00. The number of nitrogens with zero attached hydrogens (tertiary/aromatic N) is 3. The number of anilines is 1. The van der Waals surface area contributed by atoms with Crippen molar-refractivity contribution in [2.45, 2.75) is 50.4 Å². The number of thiophene rings is 1. The molecule has 4 rings (SSSR count). The van der Waals surface area contributed by atoms with E-state index < -0.39 is 12.1 Å². The summed E-state index contributed by atoms with van der Waals surface area (Å²) in [6.45, 7) is 6.08. The number of methoxy groups -OCH3 is 1. The summed E-state index contributed by atoms with van der Waals surface area (Å²) in [5.41, 5.74) is 1.47. The number of carbonyl (C=O) groups is 2. The van der Waals surface area contributed by atoms with Crippen LogP contribution < -0.4 is 10.1 Å². The summed E-state index contributed by atoms with van der Waals surface area (Å²) < 4.78 is 12.8. The maximum absolute atomic E-state index is 12.9. The summed E-state index contributed by atoms with van der Waals surface area (Å²) in [6.07, 6.45) is 5.06. The van der Waals surface area contributed by atoms with Gasteiger partial charge in [0.15, 0.2) is 17.1 Å². The normalized spacial score (nSPS) is 13.5. The van der Waals surface area contributed by atoms with E-state index in [-0.39, 0.29) is 11.7 Å². The lowest BCUT2D eigenvalue weighted by Crippen LogP contribution is -2.17. The summed E-state index contributed by atoms with van der Waals surface area (Å²) in [7, 11) is 1.35. The number of hydrogen-bond acceptors (Lipinski definition) is 8. The maximum Gasteiger partial charge on any atom is 0.341 e. The predicted octanol–water partition coefficient (Wildman–Crippen LogP) is 6.37. The first-order chi connectivity index (χ1) is 17.8. The van der Waals surface area contributed by atoms with E-state index in [0.717, 1.165) is 36.1 Å². The van der Waals surface area contributed by atoms with Crippen molar-refractivity contribution in [1.29, 1.82) is 0 Å². The van der Waals surface area contributed by atoms with Crippen LogP contribution in [0.1, 0.15) is 52.5 Å². The van der Waals surface area contributed by atoms with Crippen molar-refractivity contribution >= 4 is 63.2 Å². The summed E-state index contributed by atoms with van der Waals surface area (Å²) in [5.74, 6) is 0.442. The number of ether oxygens (including phenoxy) is 2. The van der Waals surface area contributed by atoms with Gasteiger partial charge in [0.05, 0.1) is 23.4 Å². The van der Waals surface area contributed by atoms with Gasteiger partial charge in [-0.2, -0.15) is 0 Å². The van der Waals surface area contributed by atoms with E-state index in [1.54, 1.807) is 24.3 Å². The predicted molar refractivity (Wildman–Crippen MR) is 147 cm³/mol. The molecular formula is C25H26Cl2N4O4S2. The fourth-order valence-corrected chi connectivity index (χ4v) is 6.59. The van der Waals surface area contributed by atoms with Crippen molar-refractivity contribution in [2.75, 3.05) is 18.2 Å². The molecule has 1 aromatic carbocycles. The van der Waals surface area contributed by atoms with Crippen molar-refractivity contribution in [3.8, 4) is 5.75 Å². The highest BCUT2D eigenvalue weighted by Gasteiger charge is 2.27. The molecule has 37 heavy (non-hydrogen) atoms. The lowest BCUT2D eigenvalue weighted by atomic mass is 9.95. The largest absolute Gasteiger partial charge is 0.481 e. The van der Waals surface area contributed by atoms with Crippen LogP contribution in [0.5, 0.6) is 5.75 Å². The quantitative estimate of drug-likeness (QED) is 0.169. The second-order valence-corrected chi connectivity index (χ2v) is 11.2. The van der Waals surface area contributed by atoms with Crippen LogP contribution in [0, 0.1) is 0 Å². The zero-order chi connectivity index (χ0) is 26.5. The minimum atomic E-state index is -0.477. The molecule has 2 heterocycles. The molecule has 0 saturated carbocycles. The first kappa shape index (κ1) is 27.5. The number of amides is 1. The van der Waals surface area contributed by atoms with Crippen molar-refractivity contribution in [1.82, 2.24) is 14.8 Å². The monoisotopic (exact) mass is 580 g/mol. The average molecular weight is 582 g/mol. The Morgan fingerprint density at radius 1 is 1.30 bits per heavy atom.